The first kappa shape index (κ1) is 14.2. The molecule has 108 valence electrons. The summed E-state index contributed by atoms with van der Waals surface area (Å²) in [5, 5.41) is 2.27. The fourth-order valence-corrected chi connectivity index (χ4v) is 3.17. The SMILES string of the molecule is NCCC(c1nc(Cl)ncc1-c1cccs1)n1ccnc1. The van der Waals surface area contributed by atoms with Gasteiger partial charge in [-0.15, -0.1) is 11.3 Å². The number of nitrogens with zero attached hydrogens (tertiary/aromatic N) is 4. The lowest BCUT2D eigenvalue weighted by Gasteiger charge is -2.19. The predicted octanol–water partition coefficient (Wildman–Crippen LogP) is 2.99. The molecule has 3 aromatic heterocycles. The van der Waals surface area contributed by atoms with Crippen molar-refractivity contribution in [2.45, 2.75) is 12.5 Å². The van der Waals surface area contributed by atoms with Crippen LogP contribution in [0.5, 0.6) is 0 Å². The van der Waals surface area contributed by atoms with Crippen molar-refractivity contribution in [1.29, 1.82) is 0 Å². The molecule has 1 unspecified atom stereocenters. The summed E-state index contributed by atoms with van der Waals surface area (Å²) in [6.45, 7) is 0.550. The van der Waals surface area contributed by atoms with Crippen molar-refractivity contribution < 1.29 is 0 Å². The van der Waals surface area contributed by atoms with Crippen molar-refractivity contribution in [1.82, 2.24) is 19.5 Å². The van der Waals surface area contributed by atoms with Crippen LogP contribution in [0.3, 0.4) is 0 Å². The van der Waals surface area contributed by atoms with Crippen LogP contribution in [-0.2, 0) is 0 Å². The summed E-state index contributed by atoms with van der Waals surface area (Å²) in [5.41, 5.74) is 7.64. The molecule has 0 aliphatic rings. The summed E-state index contributed by atoms with van der Waals surface area (Å²) in [4.78, 5) is 13.8. The van der Waals surface area contributed by atoms with Gasteiger partial charge < -0.3 is 10.3 Å². The fourth-order valence-electron chi connectivity index (χ4n) is 2.29. The van der Waals surface area contributed by atoms with E-state index in [0.717, 1.165) is 22.6 Å². The van der Waals surface area contributed by atoms with E-state index in [1.54, 1.807) is 30.1 Å². The monoisotopic (exact) mass is 319 g/mol. The van der Waals surface area contributed by atoms with Gasteiger partial charge in [0.1, 0.15) is 0 Å². The van der Waals surface area contributed by atoms with E-state index in [2.05, 4.69) is 15.0 Å². The molecule has 0 saturated carbocycles. The molecule has 21 heavy (non-hydrogen) atoms. The van der Waals surface area contributed by atoms with Crippen molar-refractivity contribution in [3.05, 3.63) is 53.4 Å². The van der Waals surface area contributed by atoms with E-state index in [1.165, 1.54) is 0 Å². The lowest BCUT2D eigenvalue weighted by atomic mass is 10.0. The molecular formula is C14H14ClN5S. The predicted molar refractivity (Wildman–Crippen MR) is 84.4 cm³/mol. The van der Waals surface area contributed by atoms with Crippen LogP contribution in [0.25, 0.3) is 10.4 Å². The van der Waals surface area contributed by atoms with Gasteiger partial charge >= 0.3 is 0 Å². The number of aromatic nitrogens is 4. The molecule has 0 aliphatic carbocycles. The Balaban J connectivity index is 2.12. The summed E-state index contributed by atoms with van der Waals surface area (Å²) in [6, 6.07) is 4.05. The standard InChI is InChI=1S/C14H14ClN5S/c15-14-18-8-10(12-2-1-7-21-12)13(19-14)11(3-4-16)20-6-5-17-9-20/h1-2,5-9,11H,3-4,16H2. The van der Waals surface area contributed by atoms with Gasteiger partial charge in [0.2, 0.25) is 5.28 Å². The van der Waals surface area contributed by atoms with Gasteiger partial charge in [-0.2, -0.15) is 0 Å². The Bertz CT molecular complexity index is 696. The maximum Gasteiger partial charge on any atom is 0.222 e. The molecule has 2 N–H and O–H groups in total. The molecule has 0 spiro atoms. The largest absolute Gasteiger partial charge is 0.330 e. The Kier molecular flexibility index (Phi) is 4.28. The molecule has 0 fully saturated rings. The molecule has 3 aromatic rings. The van der Waals surface area contributed by atoms with Crippen LogP contribution in [0.15, 0.2) is 42.4 Å². The fraction of sp³-hybridized carbons (Fsp3) is 0.214. The zero-order valence-electron chi connectivity index (χ0n) is 11.2. The van der Waals surface area contributed by atoms with Gasteiger partial charge in [0.25, 0.3) is 0 Å². The van der Waals surface area contributed by atoms with Crippen LogP contribution in [0, 0.1) is 0 Å². The average molecular weight is 320 g/mol. The number of hydrogen-bond acceptors (Lipinski definition) is 5. The third-order valence-corrected chi connectivity index (χ3v) is 4.30. The molecule has 0 saturated heterocycles. The van der Waals surface area contributed by atoms with Gasteiger partial charge in [-0.05, 0) is 36.0 Å². The number of imidazole rings is 1. The van der Waals surface area contributed by atoms with E-state index < -0.39 is 0 Å². The van der Waals surface area contributed by atoms with E-state index in [-0.39, 0.29) is 11.3 Å². The Hall–Kier alpha value is -1.76. The number of rotatable bonds is 5. The molecule has 0 amide bonds. The highest BCUT2D eigenvalue weighted by atomic mass is 35.5. The summed E-state index contributed by atoms with van der Waals surface area (Å²) in [7, 11) is 0. The molecule has 0 aromatic carbocycles. The molecule has 0 bridgehead atoms. The van der Waals surface area contributed by atoms with Crippen LogP contribution < -0.4 is 5.73 Å². The first-order valence-corrected chi connectivity index (χ1v) is 7.79. The van der Waals surface area contributed by atoms with E-state index in [4.69, 9.17) is 17.3 Å². The van der Waals surface area contributed by atoms with Crippen LogP contribution >= 0.6 is 22.9 Å². The maximum atomic E-state index is 6.01. The van der Waals surface area contributed by atoms with Crippen LogP contribution in [0.1, 0.15) is 18.2 Å². The van der Waals surface area contributed by atoms with Gasteiger partial charge in [-0.25, -0.2) is 15.0 Å². The first-order valence-electron chi connectivity index (χ1n) is 6.53. The van der Waals surface area contributed by atoms with Gasteiger partial charge in [-0.3, -0.25) is 0 Å². The minimum Gasteiger partial charge on any atom is -0.330 e. The van der Waals surface area contributed by atoms with Crippen LogP contribution in [-0.4, -0.2) is 26.1 Å². The highest BCUT2D eigenvalue weighted by Gasteiger charge is 2.20. The van der Waals surface area contributed by atoms with Crippen molar-refractivity contribution >= 4 is 22.9 Å². The van der Waals surface area contributed by atoms with Crippen LogP contribution in [0.4, 0.5) is 0 Å². The highest BCUT2D eigenvalue weighted by molar-refractivity contribution is 7.13. The second-order valence-corrected chi connectivity index (χ2v) is 5.80. The molecule has 3 rings (SSSR count). The molecule has 0 radical (unpaired) electrons. The summed E-state index contributed by atoms with van der Waals surface area (Å²) in [6.07, 6.45) is 7.96. The molecule has 1 atom stereocenters. The molecule has 5 nitrogen and oxygen atoms in total. The zero-order valence-corrected chi connectivity index (χ0v) is 12.8. The van der Waals surface area contributed by atoms with Crippen molar-refractivity contribution in [3.8, 4) is 10.4 Å². The summed E-state index contributed by atoms with van der Waals surface area (Å²) >= 11 is 7.66. The zero-order chi connectivity index (χ0) is 14.7. The minimum absolute atomic E-state index is 0.00454. The van der Waals surface area contributed by atoms with Gasteiger partial charge in [0.05, 0.1) is 18.1 Å². The van der Waals surface area contributed by atoms with E-state index in [9.17, 15) is 0 Å². The summed E-state index contributed by atoms with van der Waals surface area (Å²) in [5.74, 6) is 0. The number of thiophene rings is 1. The van der Waals surface area contributed by atoms with Crippen molar-refractivity contribution in [3.63, 3.8) is 0 Å². The quantitative estimate of drug-likeness (QED) is 0.734. The van der Waals surface area contributed by atoms with Crippen molar-refractivity contribution in [2.75, 3.05) is 6.54 Å². The Morgan fingerprint density at radius 1 is 1.43 bits per heavy atom. The van der Waals surface area contributed by atoms with Gasteiger partial charge in [0, 0.05) is 29.0 Å². The van der Waals surface area contributed by atoms with E-state index in [1.807, 2.05) is 28.3 Å². The maximum absolute atomic E-state index is 6.01. The number of halogens is 1. The summed E-state index contributed by atoms with van der Waals surface area (Å²) < 4.78 is 2.00. The third-order valence-electron chi connectivity index (χ3n) is 3.22. The Labute approximate surface area is 131 Å². The Morgan fingerprint density at radius 3 is 3.00 bits per heavy atom. The second kappa shape index (κ2) is 6.34. The normalized spacial score (nSPS) is 12.5. The van der Waals surface area contributed by atoms with E-state index >= 15 is 0 Å². The number of nitrogens with two attached hydrogens (primary N) is 1. The molecule has 7 heteroatoms. The molecule has 3 heterocycles. The number of hydrogen-bond donors (Lipinski definition) is 1. The van der Waals surface area contributed by atoms with Gasteiger partial charge in [0.15, 0.2) is 0 Å². The Morgan fingerprint density at radius 2 is 2.33 bits per heavy atom. The lowest BCUT2D eigenvalue weighted by molar-refractivity contribution is 0.534. The minimum atomic E-state index is -0.00454. The van der Waals surface area contributed by atoms with Gasteiger partial charge in [-0.1, -0.05) is 6.07 Å². The third kappa shape index (κ3) is 2.97. The van der Waals surface area contributed by atoms with Crippen LogP contribution in [0.2, 0.25) is 5.28 Å². The average Bonchev–Trinajstić information content (AvgIpc) is 3.17. The highest BCUT2D eigenvalue weighted by Crippen LogP contribution is 2.33. The molecule has 0 aliphatic heterocycles. The second-order valence-electron chi connectivity index (χ2n) is 4.52. The first-order chi connectivity index (χ1) is 10.3. The molecular weight excluding hydrogens is 306 g/mol. The van der Waals surface area contributed by atoms with E-state index in [0.29, 0.717) is 6.54 Å². The van der Waals surface area contributed by atoms with Crippen molar-refractivity contribution in [2.24, 2.45) is 5.73 Å². The lowest BCUT2D eigenvalue weighted by Crippen LogP contribution is -2.16. The topological polar surface area (TPSA) is 69.6 Å². The smallest absolute Gasteiger partial charge is 0.222 e.